The molecule has 1 N–H and O–H groups in total. The van der Waals surface area contributed by atoms with Crippen LogP contribution in [0.15, 0.2) is 48.5 Å². The number of para-hydroxylation sites is 1. The van der Waals surface area contributed by atoms with E-state index in [1.807, 2.05) is 0 Å². The summed E-state index contributed by atoms with van der Waals surface area (Å²) in [6, 6.07) is 12.1. The Bertz CT molecular complexity index is 928. The molecular formula is C19H16FN3O3. The van der Waals surface area contributed by atoms with Crippen LogP contribution in [-0.4, -0.2) is 35.3 Å². The molecule has 0 aliphatic carbocycles. The molecule has 2 aromatic carbocycles. The van der Waals surface area contributed by atoms with Crippen molar-refractivity contribution in [3.63, 3.8) is 0 Å². The number of nitrogens with zero attached hydrogens (tertiary/aromatic N) is 2. The number of halogens is 1. The van der Waals surface area contributed by atoms with Crippen molar-refractivity contribution in [3.8, 4) is 0 Å². The molecule has 2 aliphatic rings. The second kappa shape index (κ2) is 5.66. The summed E-state index contributed by atoms with van der Waals surface area (Å²) >= 11 is 0. The second-order valence-electron chi connectivity index (χ2n) is 6.39. The number of hydrogen-bond donors (Lipinski definition) is 1. The Morgan fingerprint density at radius 2 is 1.81 bits per heavy atom. The molecule has 3 amide bonds. The van der Waals surface area contributed by atoms with Gasteiger partial charge in [-0.25, -0.2) is 4.39 Å². The van der Waals surface area contributed by atoms with E-state index < -0.39 is 17.4 Å². The van der Waals surface area contributed by atoms with Crippen LogP contribution in [0.4, 0.5) is 15.8 Å². The summed E-state index contributed by atoms with van der Waals surface area (Å²) in [7, 11) is 1.52. The number of carbonyl (C=O) groups excluding carboxylic acids is 3. The van der Waals surface area contributed by atoms with Crippen LogP contribution >= 0.6 is 0 Å². The van der Waals surface area contributed by atoms with Crippen molar-refractivity contribution in [2.24, 2.45) is 0 Å². The Hall–Kier alpha value is -3.22. The van der Waals surface area contributed by atoms with Gasteiger partial charge in [0.25, 0.3) is 11.8 Å². The molecule has 132 valence electrons. The van der Waals surface area contributed by atoms with Crippen molar-refractivity contribution < 1.29 is 18.8 Å². The molecule has 6 nitrogen and oxygen atoms in total. The predicted molar refractivity (Wildman–Crippen MR) is 93.0 cm³/mol. The molecule has 0 saturated carbocycles. The molecule has 4 rings (SSSR count). The van der Waals surface area contributed by atoms with Gasteiger partial charge in [-0.2, -0.15) is 0 Å². The van der Waals surface area contributed by atoms with Gasteiger partial charge in [0.05, 0.1) is 11.3 Å². The fourth-order valence-electron chi connectivity index (χ4n) is 3.69. The first-order valence-electron chi connectivity index (χ1n) is 8.22. The van der Waals surface area contributed by atoms with Crippen molar-refractivity contribution >= 4 is 29.1 Å². The number of rotatable bonds is 2. The highest BCUT2D eigenvalue weighted by atomic mass is 19.1. The number of fused-ring (bicyclic) bond motifs is 3. The molecule has 2 heterocycles. The van der Waals surface area contributed by atoms with Crippen LogP contribution < -0.4 is 10.2 Å². The van der Waals surface area contributed by atoms with E-state index in [0.29, 0.717) is 16.9 Å². The maximum atomic E-state index is 13.2. The molecule has 2 aliphatic heterocycles. The summed E-state index contributed by atoms with van der Waals surface area (Å²) in [5, 5.41) is 2.71. The van der Waals surface area contributed by atoms with Crippen molar-refractivity contribution in [3.05, 3.63) is 59.9 Å². The van der Waals surface area contributed by atoms with E-state index in [2.05, 4.69) is 5.32 Å². The van der Waals surface area contributed by atoms with Gasteiger partial charge in [-0.05, 0) is 36.4 Å². The van der Waals surface area contributed by atoms with E-state index in [1.54, 1.807) is 24.3 Å². The highest BCUT2D eigenvalue weighted by Gasteiger charge is 2.59. The second-order valence-corrected chi connectivity index (χ2v) is 6.39. The molecule has 1 unspecified atom stereocenters. The normalized spacial score (nSPS) is 21.5. The van der Waals surface area contributed by atoms with Crippen LogP contribution in [0, 0.1) is 5.82 Å². The van der Waals surface area contributed by atoms with Gasteiger partial charge in [-0.15, -0.1) is 0 Å². The van der Waals surface area contributed by atoms with E-state index in [0.717, 1.165) is 0 Å². The van der Waals surface area contributed by atoms with Crippen molar-refractivity contribution in [2.75, 3.05) is 17.3 Å². The molecule has 0 bridgehead atoms. The van der Waals surface area contributed by atoms with E-state index in [-0.39, 0.29) is 24.7 Å². The summed E-state index contributed by atoms with van der Waals surface area (Å²) in [4.78, 5) is 41.3. The number of hydrogen-bond acceptors (Lipinski definition) is 3. The predicted octanol–water partition coefficient (Wildman–Crippen LogP) is 2.37. The molecule has 2 aromatic rings. The number of nitrogens with one attached hydrogen (secondary N) is 1. The lowest BCUT2D eigenvalue weighted by Gasteiger charge is -2.47. The average Bonchev–Trinajstić information content (AvgIpc) is 3.00. The van der Waals surface area contributed by atoms with E-state index in [4.69, 9.17) is 0 Å². The van der Waals surface area contributed by atoms with E-state index >= 15 is 0 Å². The summed E-state index contributed by atoms with van der Waals surface area (Å²) < 4.78 is 13.1. The van der Waals surface area contributed by atoms with Gasteiger partial charge >= 0.3 is 0 Å². The highest BCUT2D eigenvalue weighted by Crippen LogP contribution is 2.44. The smallest absolute Gasteiger partial charge is 0.271 e. The summed E-state index contributed by atoms with van der Waals surface area (Å²) in [5.41, 5.74) is -0.218. The summed E-state index contributed by atoms with van der Waals surface area (Å²) in [5.74, 6) is -1.45. The number of amides is 3. The number of benzene rings is 2. The molecule has 1 fully saturated rings. The first-order chi connectivity index (χ1) is 12.4. The Labute approximate surface area is 149 Å². The standard InChI is InChI=1S/C19H16FN3O3/c1-22-17(25)14-4-2-3-5-15(14)23-16(24)10-11-19(22,23)18(26)21-13-8-6-12(20)7-9-13/h2-9H,10-11H2,1H3,(H,21,26). The van der Waals surface area contributed by atoms with Crippen LogP contribution in [0.1, 0.15) is 23.2 Å². The first kappa shape index (κ1) is 16.3. The van der Waals surface area contributed by atoms with E-state index in [1.165, 1.54) is 41.1 Å². The summed E-state index contributed by atoms with van der Waals surface area (Å²) in [6.45, 7) is 0. The Kier molecular flexibility index (Phi) is 3.54. The zero-order chi connectivity index (χ0) is 18.5. The van der Waals surface area contributed by atoms with Crippen LogP contribution in [0.3, 0.4) is 0 Å². The fourth-order valence-corrected chi connectivity index (χ4v) is 3.69. The van der Waals surface area contributed by atoms with Gasteiger partial charge in [-0.3, -0.25) is 19.3 Å². The van der Waals surface area contributed by atoms with Crippen molar-refractivity contribution in [1.82, 2.24) is 4.90 Å². The molecule has 0 aromatic heterocycles. The first-order valence-corrected chi connectivity index (χ1v) is 8.22. The van der Waals surface area contributed by atoms with Gasteiger partial charge in [0.2, 0.25) is 11.6 Å². The van der Waals surface area contributed by atoms with Gasteiger partial charge in [0, 0.05) is 25.6 Å². The van der Waals surface area contributed by atoms with Gasteiger partial charge < -0.3 is 10.2 Å². The molecule has 7 heteroatoms. The van der Waals surface area contributed by atoms with Crippen molar-refractivity contribution in [1.29, 1.82) is 0 Å². The number of likely N-dealkylation sites (N-methyl/N-ethyl adjacent to an activating group) is 1. The van der Waals surface area contributed by atoms with E-state index in [9.17, 15) is 18.8 Å². The highest BCUT2D eigenvalue weighted by molar-refractivity contribution is 6.18. The number of carbonyl (C=O) groups is 3. The fraction of sp³-hybridized carbons (Fsp3) is 0.211. The molecular weight excluding hydrogens is 337 g/mol. The summed E-state index contributed by atoms with van der Waals surface area (Å²) in [6.07, 6.45) is 0.345. The van der Waals surface area contributed by atoms with Crippen LogP contribution in [0.2, 0.25) is 0 Å². The molecule has 0 radical (unpaired) electrons. The van der Waals surface area contributed by atoms with Crippen LogP contribution in [0.25, 0.3) is 0 Å². The SMILES string of the molecule is CN1C(=O)c2ccccc2N2C(=O)CCC12C(=O)Nc1ccc(F)cc1. The Morgan fingerprint density at radius 1 is 1.12 bits per heavy atom. The maximum Gasteiger partial charge on any atom is 0.271 e. The van der Waals surface area contributed by atoms with Gasteiger partial charge in [0.1, 0.15) is 5.82 Å². The minimum absolute atomic E-state index is 0.156. The monoisotopic (exact) mass is 353 g/mol. The third-order valence-corrected chi connectivity index (χ3v) is 5.01. The van der Waals surface area contributed by atoms with Crippen molar-refractivity contribution in [2.45, 2.75) is 18.5 Å². The molecule has 1 saturated heterocycles. The molecule has 1 atom stereocenters. The topological polar surface area (TPSA) is 69.7 Å². The third-order valence-electron chi connectivity index (χ3n) is 5.01. The average molecular weight is 353 g/mol. The molecule has 26 heavy (non-hydrogen) atoms. The lowest BCUT2D eigenvalue weighted by molar-refractivity contribution is -0.128. The largest absolute Gasteiger partial charge is 0.322 e. The zero-order valence-corrected chi connectivity index (χ0v) is 14.0. The van der Waals surface area contributed by atoms with Gasteiger partial charge in [-0.1, -0.05) is 12.1 Å². The maximum absolute atomic E-state index is 13.2. The number of anilines is 2. The van der Waals surface area contributed by atoms with Crippen LogP contribution in [0.5, 0.6) is 0 Å². The molecule has 0 spiro atoms. The quantitative estimate of drug-likeness (QED) is 0.901. The van der Waals surface area contributed by atoms with Gasteiger partial charge in [0.15, 0.2) is 0 Å². The third kappa shape index (κ3) is 2.13. The lowest BCUT2D eigenvalue weighted by Crippen LogP contribution is -2.68. The minimum atomic E-state index is -1.43. The zero-order valence-electron chi connectivity index (χ0n) is 14.0. The Morgan fingerprint density at radius 3 is 2.54 bits per heavy atom. The van der Waals surface area contributed by atoms with Crippen LogP contribution in [-0.2, 0) is 9.59 Å². The lowest BCUT2D eigenvalue weighted by atomic mass is 9.96. The minimum Gasteiger partial charge on any atom is -0.322 e. The Balaban J connectivity index is 1.80.